The molecular weight excluding hydrogens is 324 g/mol. The molecule has 2 heterocycles. The van der Waals surface area contributed by atoms with Crippen molar-refractivity contribution in [2.45, 2.75) is 19.0 Å². The highest BCUT2D eigenvalue weighted by atomic mass is 32.1. The van der Waals surface area contributed by atoms with Crippen molar-refractivity contribution in [3.8, 4) is 0 Å². The van der Waals surface area contributed by atoms with Gasteiger partial charge in [0.1, 0.15) is 0 Å². The molecule has 7 heteroatoms. The topological polar surface area (TPSA) is 68.7 Å². The number of aromatic nitrogens is 1. The van der Waals surface area contributed by atoms with Crippen molar-refractivity contribution in [3.63, 3.8) is 0 Å². The fourth-order valence-electron chi connectivity index (χ4n) is 2.94. The minimum atomic E-state index is -0.289. The molecule has 24 heavy (non-hydrogen) atoms. The number of anilines is 1. The molecule has 3 rings (SSSR count). The van der Waals surface area contributed by atoms with Gasteiger partial charge < -0.3 is 20.2 Å². The summed E-state index contributed by atoms with van der Waals surface area (Å²) < 4.78 is 0. The quantitative estimate of drug-likeness (QED) is 0.889. The zero-order valence-electron chi connectivity index (χ0n) is 13.9. The van der Waals surface area contributed by atoms with Crippen molar-refractivity contribution in [1.29, 1.82) is 0 Å². The molecule has 1 aromatic carbocycles. The maximum absolute atomic E-state index is 12.6. The first-order valence-electron chi connectivity index (χ1n) is 7.95. The summed E-state index contributed by atoms with van der Waals surface area (Å²) >= 11 is 1.55. The highest BCUT2D eigenvalue weighted by Crippen LogP contribution is 2.29. The molecular formula is C17H22N4O2S. The van der Waals surface area contributed by atoms with Crippen LogP contribution in [-0.4, -0.2) is 48.3 Å². The SMILES string of the molecule is CN(C)c1nc(CNC(=O)N2CCc3ccccc3C2CO)cs1. The highest BCUT2D eigenvalue weighted by Gasteiger charge is 2.29. The number of fused-ring (bicyclic) bond motifs is 1. The molecule has 0 saturated carbocycles. The van der Waals surface area contributed by atoms with Crippen LogP contribution >= 0.6 is 11.3 Å². The fraction of sp³-hybridized carbons (Fsp3) is 0.412. The number of thiazole rings is 1. The molecule has 1 aromatic heterocycles. The summed E-state index contributed by atoms with van der Waals surface area (Å²) in [6.07, 6.45) is 0.807. The normalized spacial score (nSPS) is 16.6. The second-order valence-corrected chi connectivity index (χ2v) is 6.85. The first-order chi connectivity index (χ1) is 11.6. The molecule has 0 fully saturated rings. The van der Waals surface area contributed by atoms with Gasteiger partial charge in [0, 0.05) is 26.0 Å². The number of rotatable bonds is 4. The number of aliphatic hydroxyl groups excluding tert-OH is 1. The van der Waals surface area contributed by atoms with Crippen LogP contribution in [0.3, 0.4) is 0 Å². The van der Waals surface area contributed by atoms with E-state index in [0.717, 1.165) is 22.8 Å². The second-order valence-electron chi connectivity index (χ2n) is 6.02. The summed E-state index contributed by atoms with van der Waals surface area (Å²) in [7, 11) is 3.89. The largest absolute Gasteiger partial charge is 0.394 e. The Labute approximate surface area is 145 Å². The van der Waals surface area contributed by atoms with Crippen LogP contribution in [-0.2, 0) is 13.0 Å². The lowest BCUT2D eigenvalue weighted by Crippen LogP contribution is -2.46. The second kappa shape index (κ2) is 7.19. The number of benzene rings is 1. The molecule has 128 valence electrons. The van der Waals surface area contributed by atoms with E-state index in [-0.39, 0.29) is 18.7 Å². The van der Waals surface area contributed by atoms with Gasteiger partial charge in [-0.05, 0) is 17.5 Å². The summed E-state index contributed by atoms with van der Waals surface area (Å²) in [6.45, 7) is 0.916. The van der Waals surface area contributed by atoms with Gasteiger partial charge in [-0.3, -0.25) is 0 Å². The van der Waals surface area contributed by atoms with E-state index in [1.807, 2.05) is 42.6 Å². The van der Waals surface area contributed by atoms with E-state index in [1.54, 1.807) is 16.2 Å². The van der Waals surface area contributed by atoms with Crippen molar-refractivity contribution in [3.05, 3.63) is 46.5 Å². The minimum absolute atomic E-state index is 0.0775. The van der Waals surface area contributed by atoms with Gasteiger partial charge in [-0.15, -0.1) is 11.3 Å². The van der Waals surface area contributed by atoms with Crippen LogP contribution in [0.1, 0.15) is 22.9 Å². The molecule has 0 spiro atoms. The van der Waals surface area contributed by atoms with Gasteiger partial charge in [-0.25, -0.2) is 9.78 Å². The Hall–Kier alpha value is -2.12. The number of nitrogens with one attached hydrogen (secondary N) is 1. The average Bonchev–Trinajstić information content (AvgIpc) is 3.08. The van der Waals surface area contributed by atoms with Gasteiger partial charge in [-0.1, -0.05) is 24.3 Å². The molecule has 1 unspecified atom stereocenters. The molecule has 0 aliphatic carbocycles. The first kappa shape index (κ1) is 16.7. The lowest BCUT2D eigenvalue weighted by Gasteiger charge is -2.36. The predicted octanol–water partition coefficient (Wildman–Crippen LogP) is 2.01. The van der Waals surface area contributed by atoms with E-state index in [0.29, 0.717) is 13.1 Å². The predicted molar refractivity (Wildman–Crippen MR) is 95.4 cm³/mol. The molecule has 0 bridgehead atoms. The Morgan fingerprint density at radius 3 is 2.96 bits per heavy atom. The molecule has 0 saturated heterocycles. The number of hydrogen-bond donors (Lipinski definition) is 2. The third-order valence-electron chi connectivity index (χ3n) is 4.19. The number of carbonyl (C=O) groups is 1. The molecule has 2 aromatic rings. The zero-order chi connectivity index (χ0) is 17.1. The summed E-state index contributed by atoms with van der Waals surface area (Å²) in [5, 5.41) is 15.6. The van der Waals surface area contributed by atoms with Crippen molar-refractivity contribution in [2.75, 3.05) is 32.1 Å². The fourth-order valence-corrected chi connectivity index (χ4v) is 3.70. The summed E-state index contributed by atoms with van der Waals surface area (Å²) in [4.78, 5) is 20.7. The minimum Gasteiger partial charge on any atom is -0.394 e. The van der Waals surface area contributed by atoms with E-state index in [1.165, 1.54) is 5.56 Å². The van der Waals surface area contributed by atoms with Crippen molar-refractivity contribution in [1.82, 2.24) is 15.2 Å². The van der Waals surface area contributed by atoms with Crippen LogP contribution in [0.2, 0.25) is 0 Å². The van der Waals surface area contributed by atoms with E-state index in [4.69, 9.17) is 0 Å². The monoisotopic (exact) mass is 346 g/mol. The van der Waals surface area contributed by atoms with Gasteiger partial charge in [0.2, 0.25) is 0 Å². The smallest absolute Gasteiger partial charge is 0.318 e. The van der Waals surface area contributed by atoms with Crippen molar-refractivity contribution < 1.29 is 9.90 Å². The van der Waals surface area contributed by atoms with E-state index in [2.05, 4.69) is 16.4 Å². The molecule has 1 aliphatic heterocycles. The van der Waals surface area contributed by atoms with Crippen molar-refractivity contribution >= 4 is 22.5 Å². The Morgan fingerprint density at radius 1 is 1.46 bits per heavy atom. The Morgan fingerprint density at radius 2 is 2.25 bits per heavy atom. The maximum atomic E-state index is 12.6. The van der Waals surface area contributed by atoms with E-state index >= 15 is 0 Å². The lowest BCUT2D eigenvalue weighted by molar-refractivity contribution is 0.126. The van der Waals surface area contributed by atoms with Crippen LogP contribution < -0.4 is 10.2 Å². The molecule has 0 radical (unpaired) electrons. The van der Waals surface area contributed by atoms with Gasteiger partial charge >= 0.3 is 6.03 Å². The van der Waals surface area contributed by atoms with Crippen LogP contribution in [0.5, 0.6) is 0 Å². The van der Waals surface area contributed by atoms with Gasteiger partial charge in [-0.2, -0.15) is 0 Å². The standard InChI is InChI=1S/C17H22N4O2S/c1-20(2)17-19-13(11-24-17)9-18-16(23)21-8-7-12-5-3-4-6-14(12)15(21)10-22/h3-6,11,15,22H,7-10H2,1-2H3,(H,18,23). The zero-order valence-corrected chi connectivity index (χ0v) is 14.7. The van der Waals surface area contributed by atoms with E-state index in [9.17, 15) is 9.90 Å². The number of aliphatic hydroxyl groups is 1. The molecule has 1 aliphatic rings. The summed E-state index contributed by atoms with van der Waals surface area (Å²) in [5.41, 5.74) is 3.08. The summed E-state index contributed by atoms with van der Waals surface area (Å²) in [6, 6.07) is 7.53. The van der Waals surface area contributed by atoms with Crippen LogP contribution in [0.15, 0.2) is 29.6 Å². The molecule has 1 atom stereocenters. The Kier molecular flexibility index (Phi) is 5.01. The number of amides is 2. The van der Waals surface area contributed by atoms with Gasteiger partial charge in [0.05, 0.1) is 24.9 Å². The Bertz CT molecular complexity index is 716. The third kappa shape index (κ3) is 3.37. The molecule has 2 N–H and O–H groups in total. The number of carbonyl (C=O) groups excluding carboxylic acids is 1. The molecule has 2 amide bonds. The van der Waals surface area contributed by atoms with Crippen molar-refractivity contribution in [2.24, 2.45) is 0 Å². The number of nitrogens with zero attached hydrogens (tertiary/aromatic N) is 3. The average molecular weight is 346 g/mol. The Balaban J connectivity index is 1.66. The van der Waals surface area contributed by atoms with Crippen LogP contribution in [0, 0.1) is 0 Å². The first-order valence-corrected chi connectivity index (χ1v) is 8.83. The van der Waals surface area contributed by atoms with E-state index < -0.39 is 0 Å². The number of urea groups is 1. The lowest BCUT2D eigenvalue weighted by atomic mass is 9.93. The maximum Gasteiger partial charge on any atom is 0.318 e. The van der Waals surface area contributed by atoms with Gasteiger partial charge in [0.15, 0.2) is 5.13 Å². The highest BCUT2D eigenvalue weighted by molar-refractivity contribution is 7.13. The van der Waals surface area contributed by atoms with Crippen LogP contribution in [0.25, 0.3) is 0 Å². The van der Waals surface area contributed by atoms with Gasteiger partial charge in [0.25, 0.3) is 0 Å². The van der Waals surface area contributed by atoms with Crippen LogP contribution in [0.4, 0.5) is 9.93 Å². The number of hydrogen-bond acceptors (Lipinski definition) is 5. The summed E-state index contributed by atoms with van der Waals surface area (Å²) in [5.74, 6) is 0. The third-order valence-corrected chi connectivity index (χ3v) is 5.25. The molecule has 6 nitrogen and oxygen atoms in total.